The van der Waals surface area contributed by atoms with Gasteiger partial charge in [0.05, 0.1) is 30.0 Å². The van der Waals surface area contributed by atoms with Crippen LogP contribution in [0, 0.1) is 5.82 Å². The molecule has 1 aliphatic heterocycles. The van der Waals surface area contributed by atoms with Gasteiger partial charge in [0.25, 0.3) is 0 Å². The maximum absolute atomic E-state index is 13.1. The van der Waals surface area contributed by atoms with Crippen molar-refractivity contribution < 1.29 is 9.18 Å². The van der Waals surface area contributed by atoms with Crippen molar-refractivity contribution in [1.29, 1.82) is 0 Å². The van der Waals surface area contributed by atoms with Crippen molar-refractivity contribution in [2.45, 2.75) is 25.3 Å². The average molecular weight is 394 g/mol. The normalized spacial score (nSPS) is 16.2. The molecule has 1 fully saturated rings. The zero-order valence-electron chi connectivity index (χ0n) is 16.5. The fourth-order valence-electron chi connectivity index (χ4n) is 3.71. The Morgan fingerprint density at radius 2 is 2.07 bits per heavy atom. The monoisotopic (exact) mass is 394 g/mol. The number of hydrogen-bond acceptors (Lipinski definition) is 5. The van der Waals surface area contributed by atoms with E-state index >= 15 is 0 Å². The van der Waals surface area contributed by atoms with Crippen LogP contribution in [0.5, 0.6) is 0 Å². The van der Waals surface area contributed by atoms with Gasteiger partial charge in [0.2, 0.25) is 11.9 Å². The lowest BCUT2D eigenvalue weighted by molar-refractivity contribution is -0.131. The van der Waals surface area contributed by atoms with Crippen LogP contribution in [0.15, 0.2) is 42.7 Å². The van der Waals surface area contributed by atoms with Gasteiger partial charge in [0.15, 0.2) is 0 Å². The zero-order valence-corrected chi connectivity index (χ0v) is 16.5. The van der Waals surface area contributed by atoms with E-state index in [1.165, 1.54) is 12.1 Å². The van der Waals surface area contributed by atoms with Gasteiger partial charge in [-0.05, 0) is 36.6 Å². The second kappa shape index (κ2) is 7.98. The Morgan fingerprint density at radius 3 is 2.83 bits per heavy atom. The summed E-state index contributed by atoms with van der Waals surface area (Å²) < 4.78 is 13.1. The smallest absolute Gasteiger partial charge is 0.227 e. The van der Waals surface area contributed by atoms with Crippen molar-refractivity contribution in [3.8, 4) is 11.3 Å². The molecule has 7 nitrogen and oxygen atoms in total. The molecular formula is C21H23FN6O. The molecule has 1 aromatic carbocycles. The number of aromatic amines is 1. The summed E-state index contributed by atoms with van der Waals surface area (Å²) in [5.41, 5.74) is 3.34. The third kappa shape index (κ3) is 3.96. The Balaban J connectivity index is 1.58. The molecule has 150 valence electrons. The molecule has 1 aliphatic rings. The summed E-state index contributed by atoms with van der Waals surface area (Å²) >= 11 is 0. The van der Waals surface area contributed by atoms with Gasteiger partial charge >= 0.3 is 0 Å². The topological polar surface area (TPSA) is 78.0 Å². The van der Waals surface area contributed by atoms with E-state index in [-0.39, 0.29) is 24.2 Å². The number of H-pyrrole nitrogens is 1. The first-order valence-corrected chi connectivity index (χ1v) is 9.61. The number of amides is 1. The maximum atomic E-state index is 13.1. The Hall–Kier alpha value is -3.29. The van der Waals surface area contributed by atoms with Crippen molar-refractivity contribution in [3.63, 3.8) is 0 Å². The van der Waals surface area contributed by atoms with Gasteiger partial charge in [-0.15, -0.1) is 0 Å². The van der Waals surface area contributed by atoms with E-state index < -0.39 is 0 Å². The minimum atomic E-state index is -0.302. The Bertz CT molecular complexity index is 1000. The summed E-state index contributed by atoms with van der Waals surface area (Å²) in [5.74, 6) is 0.339. The van der Waals surface area contributed by atoms with E-state index in [4.69, 9.17) is 0 Å². The van der Waals surface area contributed by atoms with Crippen molar-refractivity contribution in [1.82, 2.24) is 25.1 Å². The molecular weight excluding hydrogens is 371 g/mol. The maximum Gasteiger partial charge on any atom is 0.227 e. The second-order valence-corrected chi connectivity index (χ2v) is 7.38. The predicted octanol–water partition coefficient (Wildman–Crippen LogP) is 2.98. The van der Waals surface area contributed by atoms with Crippen LogP contribution < -0.4 is 4.90 Å². The molecule has 29 heavy (non-hydrogen) atoms. The minimum Gasteiger partial charge on any atom is -0.347 e. The van der Waals surface area contributed by atoms with Crippen molar-refractivity contribution in [2.24, 2.45) is 0 Å². The van der Waals surface area contributed by atoms with Crippen molar-refractivity contribution in [2.75, 3.05) is 25.5 Å². The molecule has 3 aromatic rings. The van der Waals surface area contributed by atoms with Gasteiger partial charge in [-0.25, -0.2) is 14.4 Å². The van der Waals surface area contributed by atoms with Gasteiger partial charge in [-0.3, -0.25) is 9.89 Å². The highest BCUT2D eigenvalue weighted by molar-refractivity contribution is 5.80. The number of aromatic nitrogens is 4. The molecule has 0 saturated carbocycles. The molecule has 0 bridgehead atoms. The van der Waals surface area contributed by atoms with Crippen LogP contribution in [-0.2, 0) is 11.2 Å². The van der Waals surface area contributed by atoms with E-state index in [1.807, 2.05) is 30.0 Å². The van der Waals surface area contributed by atoms with Crippen molar-refractivity contribution >= 4 is 11.9 Å². The minimum absolute atomic E-state index is 0.0244. The van der Waals surface area contributed by atoms with Crippen LogP contribution in [0.25, 0.3) is 11.3 Å². The number of rotatable bonds is 5. The number of likely N-dealkylation sites (tertiary alicyclic amines) is 1. The van der Waals surface area contributed by atoms with Crippen LogP contribution in [0.2, 0.25) is 0 Å². The lowest BCUT2D eigenvalue weighted by atomic mass is 10.0. The van der Waals surface area contributed by atoms with Gasteiger partial charge in [0.1, 0.15) is 5.82 Å². The van der Waals surface area contributed by atoms with E-state index in [1.54, 1.807) is 24.5 Å². The number of halogens is 1. The summed E-state index contributed by atoms with van der Waals surface area (Å²) in [6, 6.07) is 7.84. The fraction of sp³-hybridized carbons (Fsp3) is 0.333. The molecule has 1 amide bonds. The first kappa shape index (κ1) is 19.0. The fourth-order valence-corrected chi connectivity index (χ4v) is 3.71. The van der Waals surface area contributed by atoms with Gasteiger partial charge in [-0.1, -0.05) is 12.1 Å². The second-order valence-electron chi connectivity index (χ2n) is 7.38. The summed E-state index contributed by atoms with van der Waals surface area (Å²) in [4.78, 5) is 25.6. The van der Waals surface area contributed by atoms with Crippen LogP contribution in [0.3, 0.4) is 0 Å². The molecule has 1 saturated heterocycles. The highest BCUT2D eigenvalue weighted by Gasteiger charge is 2.33. The molecule has 2 aromatic heterocycles. The third-order valence-electron chi connectivity index (χ3n) is 5.16. The summed E-state index contributed by atoms with van der Waals surface area (Å²) in [6.45, 7) is 0.690. The van der Waals surface area contributed by atoms with Crippen LogP contribution in [0.4, 0.5) is 10.3 Å². The van der Waals surface area contributed by atoms with Crippen molar-refractivity contribution in [3.05, 3.63) is 59.8 Å². The number of hydrogen-bond donors (Lipinski definition) is 1. The molecule has 0 unspecified atom stereocenters. The van der Waals surface area contributed by atoms with Crippen LogP contribution >= 0.6 is 0 Å². The molecule has 3 heterocycles. The quantitative estimate of drug-likeness (QED) is 0.720. The molecule has 1 N–H and O–H groups in total. The zero-order chi connectivity index (χ0) is 20.4. The molecule has 0 radical (unpaired) electrons. The standard InChI is InChI=1S/C21H23FN6O/c1-27(2)21-23-10-9-17(25-21)16-13-24-26-20(16)18-4-3-11-28(18)19(29)12-14-5-7-15(22)8-6-14/h5-10,13,18H,3-4,11-12H2,1-2H3,(H,24,26)/t18-/m0/s1. The van der Waals surface area contributed by atoms with Crippen LogP contribution in [-0.4, -0.2) is 51.6 Å². The lowest BCUT2D eigenvalue weighted by Crippen LogP contribution is -2.32. The number of nitrogens with zero attached hydrogens (tertiary/aromatic N) is 5. The molecule has 8 heteroatoms. The van der Waals surface area contributed by atoms with Gasteiger partial charge < -0.3 is 9.80 Å². The third-order valence-corrected chi connectivity index (χ3v) is 5.16. The Labute approximate surface area is 168 Å². The highest BCUT2D eigenvalue weighted by atomic mass is 19.1. The lowest BCUT2D eigenvalue weighted by Gasteiger charge is -2.25. The SMILES string of the molecule is CN(C)c1nccc(-c2cn[nH]c2[C@@H]2CCCN2C(=O)Cc2ccc(F)cc2)n1. The number of nitrogens with one attached hydrogen (secondary N) is 1. The van der Waals surface area contributed by atoms with E-state index in [0.717, 1.165) is 35.4 Å². The average Bonchev–Trinajstić information content (AvgIpc) is 3.39. The van der Waals surface area contributed by atoms with E-state index in [9.17, 15) is 9.18 Å². The first-order chi connectivity index (χ1) is 14.0. The summed E-state index contributed by atoms with van der Waals surface area (Å²) in [7, 11) is 3.78. The van der Waals surface area contributed by atoms with E-state index in [2.05, 4.69) is 20.2 Å². The first-order valence-electron chi connectivity index (χ1n) is 9.61. The number of carbonyl (C=O) groups excluding carboxylic acids is 1. The molecule has 1 atom stereocenters. The van der Waals surface area contributed by atoms with Gasteiger partial charge in [0, 0.05) is 32.4 Å². The summed E-state index contributed by atoms with van der Waals surface area (Å²) in [5, 5.41) is 7.31. The highest BCUT2D eigenvalue weighted by Crippen LogP contribution is 2.36. The number of carbonyl (C=O) groups is 1. The van der Waals surface area contributed by atoms with Gasteiger partial charge in [-0.2, -0.15) is 5.10 Å². The molecule has 0 aliphatic carbocycles. The largest absolute Gasteiger partial charge is 0.347 e. The summed E-state index contributed by atoms with van der Waals surface area (Å²) in [6.07, 6.45) is 5.50. The predicted molar refractivity (Wildman–Crippen MR) is 108 cm³/mol. The Kier molecular flexibility index (Phi) is 5.24. The molecule has 0 spiro atoms. The Morgan fingerprint density at radius 1 is 1.28 bits per heavy atom. The molecule has 4 rings (SSSR count). The number of benzene rings is 1. The number of anilines is 1. The van der Waals surface area contributed by atoms with E-state index in [0.29, 0.717) is 12.5 Å². The van der Waals surface area contributed by atoms with Crippen LogP contribution in [0.1, 0.15) is 30.1 Å².